The van der Waals surface area contributed by atoms with Gasteiger partial charge in [-0.3, -0.25) is 0 Å². The van der Waals surface area contributed by atoms with E-state index in [0.29, 0.717) is 0 Å². The minimum absolute atomic E-state index is 1.03. The van der Waals surface area contributed by atoms with E-state index in [1.165, 1.54) is 49.7 Å². The molecule has 1 aliphatic rings. The van der Waals surface area contributed by atoms with Crippen molar-refractivity contribution in [1.82, 2.24) is 4.57 Å². The maximum atomic E-state index is 4.28. The third-order valence-corrected chi connectivity index (χ3v) is 10.8. The summed E-state index contributed by atoms with van der Waals surface area (Å²) in [5, 5.41) is 2.41. The molecule has 2 heteroatoms. The van der Waals surface area contributed by atoms with E-state index in [1.807, 2.05) is 19.9 Å². The number of allylic oxidation sites excluding steroid dienone is 5. The summed E-state index contributed by atoms with van der Waals surface area (Å²) in [6.45, 7) is 10.3. The number of anilines is 3. The Hall–Kier alpha value is -6.90. The monoisotopic (exact) mass is 736 g/mol. The van der Waals surface area contributed by atoms with E-state index >= 15 is 0 Å². The van der Waals surface area contributed by atoms with E-state index in [4.69, 9.17) is 0 Å². The lowest BCUT2D eigenvalue weighted by molar-refractivity contribution is 1.07. The zero-order valence-electron chi connectivity index (χ0n) is 33.1. The first kappa shape index (κ1) is 37.0. The maximum Gasteiger partial charge on any atom is 0.0562 e. The van der Waals surface area contributed by atoms with Crippen molar-refractivity contribution in [1.29, 1.82) is 0 Å². The Labute approximate surface area is 337 Å². The second-order valence-corrected chi connectivity index (χ2v) is 14.1. The molecule has 0 radical (unpaired) electrons. The largest absolute Gasteiger partial charge is 0.310 e. The van der Waals surface area contributed by atoms with Crippen molar-refractivity contribution < 1.29 is 0 Å². The van der Waals surface area contributed by atoms with Crippen LogP contribution in [0.25, 0.3) is 61.9 Å². The van der Waals surface area contributed by atoms with Crippen LogP contribution in [-0.4, -0.2) is 4.57 Å². The maximum absolute atomic E-state index is 4.28. The predicted molar refractivity (Wildman–Crippen MR) is 249 cm³/mol. The molecule has 0 bridgehead atoms. The molecule has 8 aromatic rings. The second kappa shape index (κ2) is 16.9. The number of para-hydroxylation sites is 1. The fourth-order valence-electron chi connectivity index (χ4n) is 8.15. The first-order valence-corrected chi connectivity index (χ1v) is 20.1. The molecule has 1 aliphatic carbocycles. The molecule has 0 aliphatic heterocycles. The summed E-state index contributed by atoms with van der Waals surface area (Å²) in [5.74, 6) is 0. The van der Waals surface area contributed by atoms with Crippen LogP contribution in [0.3, 0.4) is 0 Å². The molecule has 57 heavy (non-hydrogen) atoms. The van der Waals surface area contributed by atoms with Gasteiger partial charge in [-0.2, -0.15) is 0 Å². The molecule has 0 fully saturated rings. The third kappa shape index (κ3) is 7.31. The number of hydrogen-bond acceptors (Lipinski definition) is 1. The second-order valence-electron chi connectivity index (χ2n) is 14.1. The van der Waals surface area contributed by atoms with Crippen molar-refractivity contribution in [2.75, 3.05) is 4.90 Å². The van der Waals surface area contributed by atoms with Crippen LogP contribution >= 0.6 is 0 Å². The zero-order chi connectivity index (χ0) is 39.1. The van der Waals surface area contributed by atoms with Gasteiger partial charge in [0.2, 0.25) is 0 Å². The Morgan fingerprint density at radius 3 is 1.65 bits per heavy atom. The van der Waals surface area contributed by atoms with Crippen molar-refractivity contribution >= 4 is 62.2 Å². The SMILES string of the molecule is C=Cc1c(/C=C\C)ccc2c1c1ccc(N(c3ccccc3)c3ccc(C4=CC=C(c5ccccc5)CC4)cc3)cc1n2-c1ccc(-c2ccccc2)cc1.CC. The van der Waals surface area contributed by atoms with E-state index in [-0.39, 0.29) is 0 Å². The summed E-state index contributed by atoms with van der Waals surface area (Å²) >= 11 is 0. The molecular weight excluding hydrogens is 689 g/mol. The van der Waals surface area contributed by atoms with E-state index < -0.39 is 0 Å². The van der Waals surface area contributed by atoms with Crippen molar-refractivity contribution in [3.63, 3.8) is 0 Å². The van der Waals surface area contributed by atoms with Crippen LogP contribution in [0, 0.1) is 0 Å². The number of hydrogen-bond donors (Lipinski definition) is 0. The summed E-state index contributed by atoms with van der Waals surface area (Å²) in [6, 6.07) is 61.4. The Bertz CT molecular complexity index is 2730. The summed E-state index contributed by atoms with van der Waals surface area (Å²) in [7, 11) is 0. The molecule has 9 rings (SSSR count). The van der Waals surface area contributed by atoms with E-state index in [0.717, 1.165) is 52.2 Å². The summed E-state index contributed by atoms with van der Waals surface area (Å²) in [4.78, 5) is 2.37. The van der Waals surface area contributed by atoms with Gasteiger partial charge in [-0.25, -0.2) is 0 Å². The van der Waals surface area contributed by atoms with Gasteiger partial charge in [-0.15, -0.1) is 0 Å². The van der Waals surface area contributed by atoms with Gasteiger partial charge in [0, 0.05) is 33.5 Å². The highest BCUT2D eigenvalue weighted by Gasteiger charge is 2.20. The molecule has 7 aromatic carbocycles. The lowest BCUT2D eigenvalue weighted by Crippen LogP contribution is -2.10. The van der Waals surface area contributed by atoms with Crippen LogP contribution in [0.4, 0.5) is 17.1 Å². The quantitative estimate of drug-likeness (QED) is 0.143. The van der Waals surface area contributed by atoms with Crippen molar-refractivity contribution in [2.24, 2.45) is 0 Å². The number of rotatable bonds is 9. The average Bonchev–Trinajstić information content (AvgIpc) is 3.62. The summed E-state index contributed by atoms with van der Waals surface area (Å²) < 4.78 is 2.41. The van der Waals surface area contributed by atoms with Crippen LogP contribution in [0.1, 0.15) is 55.9 Å². The Morgan fingerprint density at radius 1 is 0.526 bits per heavy atom. The molecule has 1 aromatic heterocycles. The highest BCUT2D eigenvalue weighted by Crippen LogP contribution is 2.42. The predicted octanol–water partition coefficient (Wildman–Crippen LogP) is 15.9. The van der Waals surface area contributed by atoms with Crippen LogP contribution in [0.15, 0.2) is 195 Å². The van der Waals surface area contributed by atoms with Crippen LogP contribution in [0.2, 0.25) is 0 Å². The van der Waals surface area contributed by atoms with Gasteiger partial charge < -0.3 is 9.47 Å². The molecular formula is C55H48N2. The normalized spacial score (nSPS) is 12.5. The Morgan fingerprint density at radius 2 is 1.05 bits per heavy atom. The number of nitrogens with zero attached hydrogens (tertiary/aromatic N) is 2. The molecule has 278 valence electrons. The highest BCUT2D eigenvalue weighted by atomic mass is 15.1. The smallest absolute Gasteiger partial charge is 0.0562 e. The molecule has 0 spiro atoms. The van der Waals surface area contributed by atoms with Gasteiger partial charge in [0.25, 0.3) is 0 Å². The number of fused-ring (bicyclic) bond motifs is 3. The summed E-state index contributed by atoms with van der Waals surface area (Å²) in [5.41, 5.74) is 16.8. The standard InChI is InChI=1S/C53H42N2.C2H6/c1-3-14-44-29-36-51-53(49(44)4-2)50-35-34-48(37-52(50)55(51)47-32-27-42(28-33-47)39-17-10-6-11-18-39)54(45-19-12-7-13-20-45)46-30-25-43(26-31-46)41-23-21-40(22-24-41)38-15-8-5-9-16-38;1-2/h3-21,23,25-37H,2,22,24H2,1H3;1-2H3/b14-3-;. The van der Waals surface area contributed by atoms with Crippen LogP contribution < -0.4 is 4.90 Å². The topological polar surface area (TPSA) is 8.17 Å². The molecule has 0 unspecified atom stereocenters. The van der Waals surface area contributed by atoms with Gasteiger partial charge in [0.15, 0.2) is 0 Å². The van der Waals surface area contributed by atoms with E-state index in [2.05, 4.69) is 217 Å². The van der Waals surface area contributed by atoms with Gasteiger partial charge in [0.05, 0.1) is 11.0 Å². The molecule has 1 heterocycles. The van der Waals surface area contributed by atoms with Crippen molar-refractivity contribution in [3.8, 4) is 16.8 Å². The Balaban J connectivity index is 0.00000224. The fraction of sp³-hybridized carbons (Fsp3) is 0.0909. The van der Waals surface area contributed by atoms with Crippen molar-refractivity contribution in [3.05, 3.63) is 217 Å². The molecule has 0 N–H and O–H groups in total. The molecule has 0 saturated carbocycles. The number of benzene rings is 7. The lowest BCUT2D eigenvalue weighted by atomic mass is 9.90. The van der Waals surface area contributed by atoms with Gasteiger partial charge in [-0.05, 0) is 119 Å². The van der Waals surface area contributed by atoms with Crippen LogP contribution in [-0.2, 0) is 0 Å². The van der Waals surface area contributed by atoms with Gasteiger partial charge in [-0.1, -0.05) is 166 Å². The summed E-state index contributed by atoms with van der Waals surface area (Å²) in [6.07, 6.45) is 12.9. The minimum atomic E-state index is 1.03. The van der Waals surface area contributed by atoms with Crippen molar-refractivity contribution in [2.45, 2.75) is 33.6 Å². The molecule has 0 amide bonds. The van der Waals surface area contributed by atoms with Gasteiger partial charge >= 0.3 is 0 Å². The molecule has 0 saturated heterocycles. The fourth-order valence-corrected chi connectivity index (χ4v) is 8.15. The third-order valence-electron chi connectivity index (χ3n) is 10.8. The van der Waals surface area contributed by atoms with E-state index in [1.54, 1.807) is 0 Å². The minimum Gasteiger partial charge on any atom is -0.310 e. The van der Waals surface area contributed by atoms with Crippen LogP contribution in [0.5, 0.6) is 0 Å². The lowest BCUT2D eigenvalue weighted by Gasteiger charge is -2.26. The molecule has 2 nitrogen and oxygen atoms in total. The Kier molecular flexibility index (Phi) is 11.0. The average molecular weight is 737 g/mol. The molecule has 0 atom stereocenters. The highest BCUT2D eigenvalue weighted by molar-refractivity contribution is 6.14. The van der Waals surface area contributed by atoms with E-state index in [9.17, 15) is 0 Å². The number of aromatic nitrogens is 1. The van der Waals surface area contributed by atoms with Gasteiger partial charge in [0.1, 0.15) is 0 Å². The zero-order valence-corrected chi connectivity index (χ0v) is 33.1. The first-order valence-electron chi connectivity index (χ1n) is 20.1. The first-order chi connectivity index (χ1) is 28.2.